The van der Waals surface area contributed by atoms with Crippen LogP contribution in [0.4, 0.5) is 11.4 Å². The number of nitrogens with one attached hydrogen (secondary N) is 1. The molecule has 1 saturated heterocycles. The molecule has 2 rings (SSSR count). The van der Waals surface area contributed by atoms with Gasteiger partial charge in [-0.1, -0.05) is 0 Å². The minimum Gasteiger partial charge on any atom is -0.502 e. The topological polar surface area (TPSA) is 78.6 Å². The van der Waals surface area contributed by atoms with E-state index < -0.39 is 4.92 Å². The summed E-state index contributed by atoms with van der Waals surface area (Å²) in [5.41, 5.74) is 0.573. The van der Waals surface area contributed by atoms with E-state index in [1.165, 1.54) is 12.1 Å². The molecule has 0 radical (unpaired) electrons. The number of hydrogen-bond donors (Lipinski definition) is 2. The first kappa shape index (κ1) is 10.7. The van der Waals surface area contributed by atoms with E-state index >= 15 is 0 Å². The van der Waals surface area contributed by atoms with E-state index in [4.69, 9.17) is 0 Å². The summed E-state index contributed by atoms with van der Waals surface area (Å²) in [6, 6.07) is 4.46. The first-order chi connectivity index (χ1) is 7.68. The Labute approximate surface area is 92.6 Å². The second kappa shape index (κ2) is 4.36. The van der Waals surface area contributed by atoms with Crippen molar-refractivity contribution in [3.05, 3.63) is 28.3 Å². The van der Waals surface area contributed by atoms with E-state index in [9.17, 15) is 15.2 Å². The van der Waals surface area contributed by atoms with Gasteiger partial charge in [0, 0.05) is 44.0 Å². The molecule has 1 fully saturated rings. The van der Waals surface area contributed by atoms with Crippen molar-refractivity contribution in [2.24, 2.45) is 0 Å². The molecule has 0 aliphatic carbocycles. The molecule has 16 heavy (non-hydrogen) atoms. The van der Waals surface area contributed by atoms with Crippen molar-refractivity contribution in [3.63, 3.8) is 0 Å². The molecule has 6 heteroatoms. The maximum Gasteiger partial charge on any atom is 0.310 e. The molecule has 1 aromatic carbocycles. The monoisotopic (exact) mass is 223 g/mol. The number of anilines is 1. The zero-order chi connectivity index (χ0) is 11.5. The van der Waals surface area contributed by atoms with Crippen molar-refractivity contribution in [2.75, 3.05) is 31.1 Å². The number of hydrogen-bond acceptors (Lipinski definition) is 5. The average Bonchev–Trinajstić information content (AvgIpc) is 2.29. The lowest BCUT2D eigenvalue weighted by molar-refractivity contribution is -0.385. The maximum absolute atomic E-state index is 10.5. The summed E-state index contributed by atoms with van der Waals surface area (Å²) in [5.74, 6) is -0.277. The Morgan fingerprint density at radius 2 is 2.06 bits per heavy atom. The first-order valence-corrected chi connectivity index (χ1v) is 5.11. The van der Waals surface area contributed by atoms with Gasteiger partial charge in [-0.15, -0.1) is 0 Å². The zero-order valence-corrected chi connectivity index (χ0v) is 8.72. The van der Waals surface area contributed by atoms with Crippen molar-refractivity contribution in [1.82, 2.24) is 5.32 Å². The van der Waals surface area contributed by atoms with Gasteiger partial charge in [-0.25, -0.2) is 0 Å². The summed E-state index contributed by atoms with van der Waals surface area (Å²) >= 11 is 0. The molecule has 0 aromatic heterocycles. The highest BCUT2D eigenvalue weighted by Gasteiger charge is 2.16. The van der Waals surface area contributed by atoms with Crippen LogP contribution in [0.15, 0.2) is 18.2 Å². The highest BCUT2D eigenvalue weighted by atomic mass is 16.6. The van der Waals surface area contributed by atoms with Gasteiger partial charge in [-0.05, 0) is 6.07 Å². The molecule has 1 aliphatic rings. The number of nitrogens with zero attached hydrogens (tertiary/aromatic N) is 2. The van der Waals surface area contributed by atoms with Crippen LogP contribution < -0.4 is 10.2 Å². The fourth-order valence-corrected chi connectivity index (χ4v) is 1.79. The van der Waals surface area contributed by atoms with Gasteiger partial charge < -0.3 is 15.3 Å². The highest BCUT2D eigenvalue weighted by molar-refractivity contribution is 5.58. The minimum atomic E-state index is -0.586. The third kappa shape index (κ3) is 2.06. The molecule has 1 heterocycles. The van der Waals surface area contributed by atoms with Crippen molar-refractivity contribution in [2.45, 2.75) is 0 Å². The Morgan fingerprint density at radius 1 is 1.38 bits per heavy atom. The summed E-state index contributed by atoms with van der Waals surface area (Å²) in [6.07, 6.45) is 0. The lowest BCUT2D eigenvalue weighted by Gasteiger charge is -2.29. The van der Waals surface area contributed by atoms with Crippen LogP contribution in [-0.4, -0.2) is 36.2 Å². The van der Waals surface area contributed by atoms with Crippen LogP contribution in [0, 0.1) is 10.1 Å². The summed E-state index contributed by atoms with van der Waals surface area (Å²) in [5, 5.41) is 23.3. The van der Waals surface area contributed by atoms with E-state index in [1.54, 1.807) is 6.07 Å². The SMILES string of the molecule is O=[N+]([O-])c1ccc(N2CCNCC2)cc1O. The zero-order valence-electron chi connectivity index (χ0n) is 8.72. The predicted octanol–water partition coefficient (Wildman–Crippen LogP) is 0.710. The number of piperazine rings is 1. The van der Waals surface area contributed by atoms with Gasteiger partial charge in [0.05, 0.1) is 4.92 Å². The number of phenols is 1. The summed E-state index contributed by atoms with van der Waals surface area (Å²) in [7, 11) is 0. The quantitative estimate of drug-likeness (QED) is 0.570. The van der Waals surface area contributed by atoms with Crippen LogP contribution in [0.5, 0.6) is 5.75 Å². The second-order valence-corrected chi connectivity index (χ2v) is 3.67. The molecule has 86 valence electrons. The first-order valence-electron chi connectivity index (χ1n) is 5.11. The molecule has 0 spiro atoms. The molecule has 2 N–H and O–H groups in total. The average molecular weight is 223 g/mol. The van der Waals surface area contributed by atoms with Gasteiger partial charge in [-0.2, -0.15) is 0 Å². The van der Waals surface area contributed by atoms with Crippen molar-refractivity contribution < 1.29 is 10.0 Å². The fourth-order valence-electron chi connectivity index (χ4n) is 1.79. The van der Waals surface area contributed by atoms with Crippen LogP contribution >= 0.6 is 0 Å². The molecule has 6 nitrogen and oxygen atoms in total. The number of phenolic OH excluding ortho intramolecular Hbond substituents is 1. The Morgan fingerprint density at radius 3 is 2.62 bits per heavy atom. The van der Waals surface area contributed by atoms with Gasteiger partial charge in [0.2, 0.25) is 0 Å². The molecular formula is C10H13N3O3. The molecule has 0 saturated carbocycles. The minimum absolute atomic E-state index is 0.251. The van der Waals surface area contributed by atoms with Gasteiger partial charge in [0.25, 0.3) is 0 Å². The Hall–Kier alpha value is -1.82. The molecule has 0 bridgehead atoms. The molecular weight excluding hydrogens is 210 g/mol. The second-order valence-electron chi connectivity index (χ2n) is 3.67. The highest BCUT2D eigenvalue weighted by Crippen LogP contribution is 2.30. The summed E-state index contributed by atoms with van der Waals surface area (Å²) in [4.78, 5) is 12.0. The largest absolute Gasteiger partial charge is 0.502 e. The van der Waals surface area contributed by atoms with Gasteiger partial charge in [0.15, 0.2) is 5.75 Å². The van der Waals surface area contributed by atoms with Gasteiger partial charge in [-0.3, -0.25) is 10.1 Å². The smallest absolute Gasteiger partial charge is 0.310 e. The number of aromatic hydroxyl groups is 1. The lowest BCUT2D eigenvalue weighted by atomic mass is 10.2. The molecule has 0 atom stereocenters. The molecule has 0 amide bonds. The third-order valence-electron chi connectivity index (χ3n) is 2.64. The van der Waals surface area contributed by atoms with Gasteiger partial charge in [0.1, 0.15) is 0 Å². The van der Waals surface area contributed by atoms with E-state index in [0.29, 0.717) is 0 Å². The van der Waals surface area contributed by atoms with Crippen molar-refractivity contribution in [3.8, 4) is 5.75 Å². The van der Waals surface area contributed by atoms with Crippen LogP contribution in [0.25, 0.3) is 0 Å². The van der Waals surface area contributed by atoms with Crippen LogP contribution in [0.3, 0.4) is 0 Å². The Bertz CT molecular complexity index is 402. The van der Waals surface area contributed by atoms with Crippen LogP contribution in [0.2, 0.25) is 0 Å². The number of nitro groups is 1. The van der Waals surface area contributed by atoms with Crippen LogP contribution in [-0.2, 0) is 0 Å². The number of benzene rings is 1. The van der Waals surface area contributed by atoms with E-state index in [2.05, 4.69) is 10.2 Å². The maximum atomic E-state index is 10.5. The Kier molecular flexibility index (Phi) is 2.91. The van der Waals surface area contributed by atoms with Gasteiger partial charge >= 0.3 is 5.69 Å². The summed E-state index contributed by atoms with van der Waals surface area (Å²) < 4.78 is 0. The van der Waals surface area contributed by atoms with E-state index in [-0.39, 0.29) is 11.4 Å². The van der Waals surface area contributed by atoms with E-state index in [1.807, 2.05) is 0 Å². The van der Waals surface area contributed by atoms with Crippen molar-refractivity contribution in [1.29, 1.82) is 0 Å². The van der Waals surface area contributed by atoms with E-state index in [0.717, 1.165) is 31.9 Å². The normalized spacial score (nSPS) is 16.1. The lowest BCUT2D eigenvalue weighted by Crippen LogP contribution is -2.43. The number of rotatable bonds is 2. The third-order valence-corrected chi connectivity index (χ3v) is 2.64. The van der Waals surface area contributed by atoms with Crippen LogP contribution in [0.1, 0.15) is 0 Å². The summed E-state index contributed by atoms with van der Waals surface area (Å²) in [6.45, 7) is 3.46. The predicted molar refractivity (Wildman–Crippen MR) is 59.8 cm³/mol. The molecule has 1 aliphatic heterocycles. The Balaban J connectivity index is 2.23. The number of nitro benzene ring substituents is 1. The molecule has 0 unspecified atom stereocenters. The van der Waals surface area contributed by atoms with Crippen molar-refractivity contribution >= 4 is 11.4 Å². The molecule has 1 aromatic rings. The standard InChI is InChI=1S/C10H13N3O3/c14-10-7-8(1-2-9(10)13(15)16)12-5-3-11-4-6-12/h1-2,7,11,14H,3-6H2. The fraction of sp³-hybridized carbons (Fsp3) is 0.400.